The lowest BCUT2D eigenvalue weighted by atomic mass is 9.75. The van der Waals surface area contributed by atoms with Crippen LogP contribution in [0.25, 0.3) is 0 Å². The molecule has 0 spiro atoms. The van der Waals surface area contributed by atoms with E-state index in [2.05, 4.69) is 45.8 Å². The minimum Gasteiger partial charge on any atom is -0.368 e. The number of aromatic nitrogens is 2. The third kappa shape index (κ3) is 7.76. The van der Waals surface area contributed by atoms with Crippen molar-refractivity contribution in [3.8, 4) is 0 Å². The van der Waals surface area contributed by atoms with Crippen molar-refractivity contribution in [2.24, 2.45) is 11.3 Å². The Morgan fingerprint density at radius 3 is 2.25 bits per heavy atom. The number of aryl methyl sites for hydroxylation is 1. The second-order valence-corrected chi connectivity index (χ2v) is 16.8. The fourth-order valence-corrected chi connectivity index (χ4v) is 9.18. The first-order valence-electron chi connectivity index (χ1n) is 19.0. The van der Waals surface area contributed by atoms with Crippen LogP contribution in [0, 0.1) is 18.3 Å². The van der Waals surface area contributed by atoms with Gasteiger partial charge in [0.15, 0.2) is 5.82 Å². The zero-order chi connectivity index (χ0) is 35.9. The molecule has 276 valence electrons. The van der Waals surface area contributed by atoms with Gasteiger partial charge in [0.25, 0.3) is 5.91 Å². The lowest BCUT2D eigenvalue weighted by Gasteiger charge is -2.43. The number of hydrogen-bond donors (Lipinski definition) is 0. The predicted molar refractivity (Wildman–Crippen MR) is 197 cm³/mol. The van der Waals surface area contributed by atoms with E-state index in [0.717, 1.165) is 68.7 Å². The Morgan fingerprint density at radius 2 is 1.61 bits per heavy atom. The molecule has 51 heavy (non-hydrogen) atoms. The molecular weight excluding hydrogens is 666 g/mol. The summed E-state index contributed by atoms with van der Waals surface area (Å²) >= 11 is 6.30. The van der Waals surface area contributed by atoms with Crippen LogP contribution < -0.4 is 4.90 Å². The van der Waals surface area contributed by atoms with E-state index in [1.165, 1.54) is 0 Å². The molecule has 11 nitrogen and oxygen atoms in total. The normalized spacial score (nSPS) is 28.7. The fourth-order valence-electron chi connectivity index (χ4n) is 9.05. The number of nitrogens with zero attached hydrogens (tertiary/aromatic N) is 7. The van der Waals surface area contributed by atoms with Crippen molar-refractivity contribution in [1.29, 1.82) is 0 Å². The number of hydrogen-bond acceptors (Lipinski definition) is 8. The first kappa shape index (κ1) is 36.1. The van der Waals surface area contributed by atoms with Gasteiger partial charge in [-0.3, -0.25) is 14.4 Å². The number of likely N-dealkylation sites (N-methyl/N-ethyl adjacent to an activating group) is 1. The summed E-state index contributed by atoms with van der Waals surface area (Å²) in [6.07, 6.45) is 5.49. The maximum atomic E-state index is 15.2. The average molecular weight is 720 g/mol. The number of halogens is 1. The standard InChI is InChI=1S/C39H54ClN7O4/c1-26-7-12-35(42-41-26)45-24-31(27-8-10-28(40)11-9-27)32(25-45)36(48)46-23-30(22-33(46)37(49)44-19-17-43(4)18-20-44)47(38(50)34-6-5-21-51-34)29-13-15-39(2,3)16-14-29/h7-12,29-34H,5-6,13-25H2,1-4H3/t30?,31-,32+,33-,34-/m0/s1. The molecule has 1 aromatic carbocycles. The quantitative estimate of drug-likeness (QED) is 0.416. The molecule has 5 heterocycles. The second-order valence-electron chi connectivity index (χ2n) is 16.4. The van der Waals surface area contributed by atoms with Gasteiger partial charge in [-0.2, -0.15) is 5.10 Å². The fraction of sp³-hybridized carbons (Fsp3) is 0.667. The summed E-state index contributed by atoms with van der Waals surface area (Å²) in [6, 6.07) is 10.8. The van der Waals surface area contributed by atoms with E-state index in [9.17, 15) is 9.59 Å². The number of rotatable bonds is 7. The van der Waals surface area contributed by atoms with E-state index in [-0.39, 0.29) is 41.1 Å². The van der Waals surface area contributed by atoms with E-state index in [1.54, 1.807) is 0 Å². The van der Waals surface area contributed by atoms with E-state index >= 15 is 4.79 Å². The van der Waals surface area contributed by atoms with Crippen LogP contribution >= 0.6 is 11.6 Å². The van der Waals surface area contributed by atoms with E-state index in [4.69, 9.17) is 16.3 Å². The summed E-state index contributed by atoms with van der Waals surface area (Å²) in [5, 5.41) is 9.41. The van der Waals surface area contributed by atoms with Crippen LogP contribution in [0.15, 0.2) is 36.4 Å². The summed E-state index contributed by atoms with van der Waals surface area (Å²) in [5.41, 5.74) is 2.09. The number of carbonyl (C=O) groups is 3. The summed E-state index contributed by atoms with van der Waals surface area (Å²) in [6.45, 7) is 11.4. The summed E-state index contributed by atoms with van der Waals surface area (Å²) in [5.74, 6) is 0.159. The van der Waals surface area contributed by atoms with Crippen LogP contribution in [0.1, 0.15) is 76.0 Å². The second kappa shape index (κ2) is 15.0. The SMILES string of the molecule is Cc1ccc(N2C[C@@H](C(=O)N3CC(N(C(=O)[C@@H]4CCCO4)C4CCC(C)(C)CC4)C[C@H]3C(=O)N3CCN(C)CC3)[C@H](c3ccc(Cl)cc3)C2)nn1. The van der Waals surface area contributed by atoms with Gasteiger partial charge in [-0.05, 0) is 94.2 Å². The molecule has 0 N–H and O–H groups in total. The van der Waals surface area contributed by atoms with E-state index < -0.39 is 18.1 Å². The first-order valence-corrected chi connectivity index (χ1v) is 19.4. The molecule has 4 saturated heterocycles. The molecule has 1 aromatic heterocycles. The van der Waals surface area contributed by atoms with Crippen LogP contribution in [0.2, 0.25) is 5.02 Å². The molecule has 0 radical (unpaired) electrons. The molecule has 5 aliphatic rings. The van der Waals surface area contributed by atoms with Crippen LogP contribution in [0.3, 0.4) is 0 Å². The molecule has 3 amide bonds. The highest BCUT2D eigenvalue weighted by molar-refractivity contribution is 6.30. The van der Waals surface area contributed by atoms with Crippen molar-refractivity contribution in [1.82, 2.24) is 29.8 Å². The van der Waals surface area contributed by atoms with Gasteiger partial charge in [0.05, 0.1) is 17.7 Å². The Bertz CT molecular complexity index is 1550. The van der Waals surface area contributed by atoms with Gasteiger partial charge in [0.1, 0.15) is 12.1 Å². The first-order chi connectivity index (χ1) is 24.5. The molecule has 4 aliphatic heterocycles. The molecule has 7 rings (SSSR count). The van der Waals surface area contributed by atoms with Gasteiger partial charge >= 0.3 is 0 Å². The van der Waals surface area contributed by atoms with E-state index in [0.29, 0.717) is 50.8 Å². The van der Waals surface area contributed by atoms with Gasteiger partial charge in [-0.1, -0.05) is 37.6 Å². The summed E-state index contributed by atoms with van der Waals surface area (Å²) in [7, 11) is 2.07. The molecule has 1 saturated carbocycles. The highest BCUT2D eigenvalue weighted by Gasteiger charge is 2.51. The van der Waals surface area contributed by atoms with Crippen molar-refractivity contribution in [3.05, 3.63) is 52.7 Å². The van der Waals surface area contributed by atoms with Gasteiger partial charge in [-0.15, -0.1) is 5.10 Å². The minimum absolute atomic E-state index is 0.00413. The van der Waals surface area contributed by atoms with Crippen molar-refractivity contribution >= 4 is 35.1 Å². The highest BCUT2D eigenvalue weighted by Crippen LogP contribution is 2.42. The van der Waals surface area contributed by atoms with Gasteiger partial charge in [0, 0.05) is 69.4 Å². The van der Waals surface area contributed by atoms with Crippen LogP contribution in [0.4, 0.5) is 5.82 Å². The summed E-state index contributed by atoms with van der Waals surface area (Å²) < 4.78 is 5.98. The number of carbonyl (C=O) groups excluding carboxylic acids is 3. The van der Waals surface area contributed by atoms with Crippen LogP contribution in [-0.2, 0) is 19.1 Å². The Hall–Kier alpha value is -3.28. The lowest BCUT2D eigenvalue weighted by Crippen LogP contribution is -2.54. The van der Waals surface area contributed by atoms with Crippen molar-refractivity contribution in [3.63, 3.8) is 0 Å². The Kier molecular flexibility index (Phi) is 10.6. The number of piperazine rings is 1. The van der Waals surface area contributed by atoms with Crippen LogP contribution in [0.5, 0.6) is 0 Å². The molecule has 5 atom stereocenters. The van der Waals surface area contributed by atoms with Crippen LogP contribution in [-0.4, -0.2) is 131 Å². The largest absolute Gasteiger partial charge is 0.368 e. The Balaban J connectivity index is 1.22. The number of likely N-dealkylation sites (tertiary alicyclic amines) is 1. The van der Waals surface area contributed by atoms with E-state index in [1.807, 2.05) is 53.1 Å². The zero-order valence-electron chi connectivity index (χ0n) is 30.7. The number of ether oxygens (including phenoxy) is 1. The maximum Gasteiger partial charge on any atom is 0.252 e. The molecule has 1 aliphatic carbocycles. The molecule has 1 unspecified atom stereocenters. The van der Waals surface area contributed by atoms with Gasteiger partial charge < -0.3 is 29.2 Å². The molecule has 0 bridgehead atoms. The Labute approximate surface area is 307 Å². The molecular formula is C39H54ClN7O4. The smallest absolute Gasteiger partial charge is 0.252 e. The van der Waals surface area contributed by atoms with Crippen molar-refractivity contribution in [2.45, 2.75) is 95.9 Å². The monoisotopic (exact) mass is 719 g/mol. The van der Waals surface area contributed by atoms with Crippen molar-refractivity contribution in [2.75, 3.05) is 64.4 Å². The molecule has 5 fully saturated rings. The molecule has 2 aromatic rings. The maximum absolute atomic E-state index is 15.2. The Morgan fingerprint density at radius 1 is 0.882 bits per heavy atom. The molecule has 12 heteroatoms. The highest BCUT2D eigenvalue weighted by atomic mass is 35.5. The third-order valence-corrected chi connectivity index (χ3v) is 12.5. The number of benzene rings is 1. The minimum atomic E-state index is -0.634. The zero-order valence-corrected chi connectivity index (χ0v) is 31.4. The van der Waals surface area contributed by atoms with Gasteiger partial charge in [-0.25, -0.2) is 0 Å². The lowest BCUT2D eigenvalue weighted by molar-refractivity contribution is -0.148. The summed E-state index contributed by atoms with van der Waals surface area (Å²) in [4.78, 5) is 54.3. The predicted octanol–water partition coefficient (Wildman–Crippen LogP) is 4.38. The van der Waals surface area contributed by atoms with Gasteiger partial charge in [0.2, 0.25) is 11.8 Å². The third-order valence-electron chi connectivity index (χ3n) is 12.3. The average Bonchev–Trinajstić information content (AvgIpc) is 3.91. The van der Waals surface area contributed by atoms with Crippen molar-refractivity contribution < 1.29 is 19.1 Å². The topological polar surface area (TPSA) is 102 Å². The number of anilines is 1. The number of amides is 3.